The highest BCUT2D eigenvalue weighted by molar-refractivity contribution is 5.54. The van der Waals surface area contributed by atoms with Crippen LogP contribution in [0, 0.1) is 0 Å². The van der Waals surface area contributed by atoms with Gasteiger partial charge in [0.2, 0.25) is 0 Å². The summed E-state index contributed by atoms with van der Waals surface area (Å²) in [6.45, 7) is 0.560. The summed E-state index contributed by atoms with van der Waals surface area (Å²) in [6, 6.07) is 0.443. The normalized spacial score (nSPS) is 17.4. The second kappa shape index (κ2) is 4.10. The fourth-order valence-electron chi connectivity index (χ4n) is 2.33. The van der Waals surface area contributed by atoms with Gasteiger partial charge in [0.15, 0.2) is 5.82 Å². The summed E-state index contributed by atoms with van der Waals surface area (Å²) in [5.74, 6) is 1.26. The first kappa shape index (κ1) is 10.3. The molecule has 0 unspecified atom stereocenters. The van der Waals surface area contributed by atoms with Crippen molar-refractivity contribution in [3.05, 3.63) is 5.56 Å². The molecular weight excluding hydrogens is 190 g/mol. The van der Waals surface area contributed by atoms with Crippen LogP contribution in [0.25, 0.3) is 0 Å². The monoisotopic (exact) mass is 209 g/mol. The molecule has 0 bridgehead atoms. The fourth-order valence-corrected chi connectivity index (χ4v) is 2.33. The van der Waals surface area contributed by atoms with Gasteiger partial charge in [0.05, 0.1) is 6.04 Å². The summed E-state index contributed by atoms with van der Waals surface area (Å²) in [4.78, 5) is 0. The maximum atomic E-state index is 6.03. The molecule has 5 nitrogen and oxygen atoms in total. The van der Waals surface area contributed by atoms with E-state index in [0.717, 1.165) is 18.4 Å². The van der Waals surface area contributed by atoms with E-state index in [1.165, 1.54) is 12.8 Å². The summed E-state index contributed by atoms with van der Waals surface area (Å²) in [7, 11) is 0. The molecule has 0 radical (unpaired) electrons. The topological polar surface area (TPSA) is 95.9 Å². The number of anilines is 2. The van der Waals surface area contributed by atoms with Crippen molar-refractivity contribution in [2.24, 2.45) is 5.73 Å². The Labute approximate surface area is 89.6 Å². The third-order valence-corrected chi connectivity index (χ3v) is 3.15. The van der Waals surface area contributed by atoms with Crippen LogP contribution in [0.1, 0.15) is 37.3 Å². The average molecular weight is 209 g/mol. The van der Waals surface area contributed by atoms with Gasteiger partial charge in [-0.05, 0) is 25.8 Å². The molecule has 1 aliphatic carbocycles. The Kier molecular flexibility index (Phi) is 2.81. The molecule has 0 aromatic carbocycles. The zero-order valence-corrected chi connectivity index (χ0v) is 8.95. The molecule has 1 aromatic rings. The largest absolute Gasteiger partial charge is 0.384 e. The van der Waals surface area contributed by atoms with Gasteiger partial charge in [-0.25, -0.2) is 4.68 Å². The van der Waals surface area contributed by atoms with E-state index in [9.17, 15) is 0 Å². The standard InChI is InChI=1S/C10H19N5/c11-6-5-8-9(12)14-15(10(8)13)7-3-1-2-4-7/h7H,1-6,11,13H2,(H2,12,14). The molecule has 15 heavy (non-hydrogen) atoms. The highest BCUT2D eigenvalue weighted by Crippen LogP contribution is 2.33. The van der Waals surface area contributed by atoms with E-state index in [-0.39, 0.29) is 0 Å². The molecular formula is C10H19N5. The summed E-state index contributed by atoms with van der Waals surface area (Å²) in [5.41, 5.74) is 18.3. The zero-order chi connectivity index (χ0) is 10.8. The average Bonchev–Trinajstić information content (AvgIpc) is 2.81. The quantitative estimate of drug-likeness (QED) is 0.681. The van der Waals surface area contributed by atoms with Crippen molar-refractivity contribution in [1.82, 2.24) is 9.78 Å². The van der Waals surface area contributed by atoms with Gasteiger partial charge in [-0.15, -0.1) is 0 Å². The Bertz CT molecular complexity index is 338. The highest BCUT2D eigenvalue weighted by atomic mass is 15.3. The van der Waals surface area contributed by atoms with Gasteiger partial charge in [-0.2, -0.15) is 5.10 Å². The molecule has 1 heterocycles. The Morgan fingerprint density at radius 1 is 1.27 bits per heavy atom. The lowest BCUT2D eigenvalue weighted by atomic mass is 10.2. The second-order valence-electron chi connectivity index (χ2n) is 4.17. The van der Waals surface area contributed by atoms with Gasteiger partial charge in [0, 0.05) is 5.56 Å². The van der Waals surface area contributed by atoms with Crippen LogP contribution in [0.4, 0.5) is 11.6 Å². The number of aromatic nitrogens is 2. The van der Waals surface area contributed by atoms with Gasteiger partial charge >= 0.3 is 0 Å². The predicted octanol–water partition coefficient (Wildman–Crippen LogP) is 0.664. The molecule has 84 valence electrons. The lowest BCUT2D eigenvalue weighted by Crippen LogP contribution is -2.11. The molecule has 1 saturated carbocycles. The number of nitrogens with zero attached hydrogens (tertiary/aromatic N) is 2. The van der Waals surface area contributed by atoms with Crippen LogP contribution >= 0.6 is 0 Å². The van der Waals surface area contributed by atoms with Crippen molar-refractivity contribution in [3.8, 4) is 0 Å². The van der Waals surface area contributed by atoms with Gasteiger partial charge in [0.1, 0.15) is 5.82 Å². The van der Waals surface area contributed by atoms with Gasteiger partial charge in [-0.3, -0.25) is 0 Å². The molecule has 2 rings (SSSR count). The number of hydrogen-bond donors (Lipinski definition) is 3. The predicted molar refractivity (Wildman–Crippen MR) is 61.3 cm³/mol. The lowest BCUT2D eigenvalue weighted by Gasteiger charge is -2.11. The molecule has 5 heteroatoms. The molecule has 1 aromatic heterocycles. The van der Waals surface area contributed by atoms with Gasteiger partial charge in [0.25, 0.3) is 0 Å². The molecule has 0 atom stereocenters. The van der Waals surface area contributed by atoms with Crippen molar-refractivity contribution < 1.29 is 0 Å². The minimum Gasteiger partial charge on any atom is -0.384 e. The first-order valence-corrected chi connectivity index (χ1v) is 5.56. The molecule has 0 saturated heterocycles. The van der Waals surface area contributed by atoms with Crippen LogP contribution in [0.3, 0.4) is 0 Å². The van der Waals surface area contributed by atoms with Crippen LogP contribution in [-0.4, -0.2) is 16.3 Å². The number of rotatable bonds is 3. The van der Waals surface area contributed by atoms with Crippen molar-refractivity contribution in [3.63, 3.8) is 0 Å². The molecule has 0 amide bonds. The van der Waals surface area contributed by atoms with E-state index in [4.69, 9.17) is 17.2 Å². The maximum Gasteiger partial charge on any atom is 0.150 e. The first-order chi connectivity index (χ1) is 7.24. The third-order valence-electron chi connectivity index (χ3n) is 3.15. The number of nitrogens with two attached hydrogens (primary N) is 3. The van der Waals surface area contributed by atoms with Crippen molar-refractivity contribution in [2.75, 3.05) is 18.0 Å². The van der Waals surface area contributed by atoms with Crippen molar-refractivity contribution >= 4 is 11.6 Å². The molecule has 0 aliphatic heterocycles. The Balaban J connectivity index is 2.27. The lowest BCUT2D eigenvalue weighted by molar-refractivity contribution is 0.475. The van der Waals surface area contributed by atoms with Crippen LogP contribution in [0.5, 0.6) is 0 Å². The van der Waals surface area contributed by atoms with Gasteiger partial charge < -0.3 is 17.2 Å². The Morgan fingerprint density at radius 2 is 1.93 bits per heavy atom. The van der Waals surface area contributed by atoms with E-state index in [1.54, 1.807) is 0 Å². The summed E-state index contributed by atoms with van der Waals surface area (Å²) in [6.07, 6.45) is 5.55. The number of nitrogen functional groups attached to an aromatic ring is 2. The van der Waals surface area contributed by atoms with Crippen molar-refractivity contribution in [1.29, 1.82) is 0 Å². The smallest absolute Gasteiger partial charge is 0.150 e. The van der Waals surface area contributed by atoms with E-state index in [0.29, 0.717) is 30.6 Å². The molecule has 1 aliphatic rings. The van der Waals surface area contributed by atoms with Crippen LogP contribution in [-0.2, 0) is 6.42 Å². The van der Waals surface area contributed by atoms with E-state index >= 15 is 0 Å². The first-order valence-electron chi connectivity index (χ1n) is 5.56. The minimum absolute atomic E-state index is 0.443. The van der Waals surface area contributed by atoms with Crippen LogP contribution < -0.4 is 17.2 Å². The molecule has 0 spiro atoms. The summed E-state index contributed by atoms with van der Waals surface area (Å²) < 4.78 is 1.90. The van der Waals surface area contributed by atoms with Gasteiger partial charge in [-0.1, -0.05) is 12.8 Å². The zero-order valence-electron chi connectivity index (χ0n) is 8.95. The summed E-state index contributed by atoms with van der Waals surface area (Å²) in [5, 5.41) is 4.32. The third kappa shape index (κ3) is 1.79. The number of hydrogen-bond acceptors (Lipinski definition) is 4. The van der Waals surface area contributed by atoms with Crippen LogP contribution in [0.2, 0.25) is 0 Å². The molecule has 6 N–H and O–H groups in total. The van der Waals surface area contributed by atoms with Crippen LogP contribution in [0.15, 0.2) is 0 Å². The maximum absolute atomic E-state index is 6.03. The van der Waals surface area contributed by atoms with E-state index in [1.807, 2.05) is 4.68 Å². The minimum atomic E-state index is 0.443. The SMILES string of the molecule is NCCc1c(N)nn(C2CCCC2)c1N. The highest BCUT2D eigenvalue weighted by Gasteiger charge is 2.22. The Hall–Kier alpha value is -1.23. The summed E-state index contributed by atoms with van der Waals surface area (Å²) >= 11 is 0. The second-order valence-corrected chi connectivity index (χ2v) is 4.17. The van der Waals surface area contributed by atoms with E-state index < -0.39 is 0 Å². The van der Waals surface area contributed by atoms with E-state index in [2.05, 4.69) is 5.10 Å². The van der Waals surface area contributed by atoms with Crippen molar-refractivity contribution in [2.45, 2.75) is 38.1 Å². The fraction of sp³-hybridized carbons (Fsp3) is 0.700. The molecule has 1 fully saturated rings. The Morgan fingerprint density at radius 3 is 2.53 bits per heavy atom.